The van der Waals surface area contributed by atoms with E-state index >= 15 is 0 Å². The summed E-state index contributed by atoms with van der Waals surface area (Å²) in [4.78, 5) is 11.4. The number of methoxy groups -OCH3 is 1. The van der Waals surface area contributed by atoms with Gasteiger partial charge in [-0.15, -0.1) is 0 Å². The van der Waals surface area contributed by atoms with Crippen LogP contribution in [0.15, 0.2) is 18.2 Å². The van der Waals surface area contributed by atoms with Crippen molar-refractivity contribution in [1.29, 1.82) is 0 Å². The van der Waals surface area contributed by atoms with Gasteiger partial charge in [0.2, 0.25) is 0 Å². The minimum atomic E-state index is -0.510. The van der Waals surface area contributed by atoms with Crippen LogP contribution >= 0.6 is 0 Å². The van der Waals surface area contributed by atoms with Crippen LogP contribution in [-0.4, -0.2) is 38.4 Å². The smallest absolute Gasteiger partial charge is 0.250 e. The van der Waals surface area contributed by atoms with Crippen molar-refractivity contribution in [2.24, 2.45) is 5.73 Å². The van der Waals surface area contributed by atoms with Gasteiger partial charge in [-0.1, -0.05) is 6.07 Å². The molecule has 1 aliphatic heterocycles. The maximum atomic E-state index is 11.4. The lowest BCUT2D eigenvalue weighted by Gasteiger charge is -2.27. The molecule has 6 nitrogen and oxygen atoms in total. The van der Waals surface area contributed by atoms with Gasteiger partial charge >= 0.3 is 0 Å². The molecule has 0 aromatic heterocycles. The molecule has 6 heteroatoms. The summed E-state index contributed by atoms with van der Waals surface area (Å²) in [5.41, 5.74) is 12.3. The van der Waals surface area contributed by atoms with E-state index in [-0.39, 0.29) is 5.60 Å². The van der Waals surface area contributed by atoms with Gasteiger partial charge in [-0.25, -0.2) is 0 Å². The summed E-state index contributed by atoms with van der Waals surface area (Å²) < 4.78 is 10.9. The van der Waals surface area contributed by atoms with Crippen LogP contribution < -0.4 is 16.8 Å². The molecule has 1 aliphatic rings. The molecule has 0 spiro atoms. The Balaban J connectivity index is 2.17. The van der Waals surface area contributed by atoms with E-state index in [4.69, 9.17) is 20.9 Å². The van der Waals surface area contributed by atoms with Gasteiger partial charge in [0.05, 0.1) is 23.5 Å². The first kappa shape index (κ1) is 13.6. The standard InChI is InChI=1S/C13H19N3O3/c1-18-13(5-6-19-8-13)7-16-11-9(12(15)17)3-2-4-10(11)14/h2-4,16H,5-8,14H2,1H3,(H2,15,17). The third kappa shape index (κ3) is 2.80. The molecule has 1 aromatic rings. The van der Waals surface area contributed by atoms with Crippen LogP contribution in [-0.2, 0) is 9.47 Å². The average molecular weight is 265 g/mol. The molecular formula is C13H19N3O3. The molecule has 2 rings (SSSR count). The minimum absolute atomic E-state index is 0.378. The van der Waals surface area contributed by atoms with Crippen LogP contribution in [0.4, 0.5) is 11.4 Å². The van der Waals surface area contributed by atoms with E-state index in [1.807, 2.05) is 0 Å². The van der Waals surface area contributed by atoms with Crippen LogP contribution in [0.3, 0.4) is 0 Å². The minimum Gasteiger partial charge on any atom is -0.397 e. The normalized spacial score (nSPS) is 22.4. The molecule has 0 saturated carbocycles. The van der Waals surface area contributed by atoms with Crippen LogP contribution in [0.25, 0.3) is 0 Å². The van der Waals surface area contributed by atoms with Crippen molar-refractivity contribution in [1.82, 2.24) is 0 Å². The molecule has 1 fully saturated rings. The SMILES string of the molecule is COC1(CNc2c(N)cccc2C(N)=O)CCOC1. The molecule has 1 amide bonds. The van der Waals surface area contributed by atoms with Crippen molar-refractivity contribution in [2.75, 3.05) is 37.9 Å². The highest BCUT2D eigenvalue weighted by atomic mass is 16.5. The van der Waals surface area contributed by atoms with E-state index < -0.39 is 5.91 Å². The maximum absolute atomic E-state index is 11.4. The monoisotopic (exact) mass is 265 g/mol. The molecule has 0 radical (unpaired) electrons. The molecular weight excluding hydrogens is 246 g/mol. The van der Waals surface area contributed by atoms with E-state index in [1.165, 1.54) is 0 Å². The van der Waals surface area contributed by atoms with Crippen LogP contribution in [0.5, 0.6) is 0 Å². The zero-order valence-electron chi connectivity index (χ0n) is 10.9. The quantitative estimate of drug-likeness (QED) is 0.676. The molecule has 104 valence electrons. The maximum Gasteiger partial charge on any atom is 0.250 e. The molecule has 1 atom stereocenters. The first-order valence-corrected chi connectivity index (χ1v) is 6.13. The summed E-state index contributed by atoms with van der Waals surface area (Å²) in [6.45, 7) is 1.70. The number of ether oxygens (including phenoxy) is 2. The number of nitrogens with two attached hydrogens (primary N) is 2. The zero-order valence-corrected chi connectivity index (χ0v) is 10.9. The summed E-state index contributed by atoms with van der Waals surface area (Å²) in [5, 5.41) is 3.17. The summed E-state index contributed by atoms with van der Waals surface area (Å²) in [7, 11) is 1.65. The lowest BCUT2D eigenvalue weighted by atomic mass is 10.0. The highest BCUT2D eigenvalue weighted by Gasteiger charge is 2.35. The lowest BCUT2D eigenvalue weighted by Crippen LogP contribution is -2.40. The number of rotatable bonds is 5. The van der Waals surface area contributed by atoms with Crippen molar-refractivity contribution in [2.45, 2.75) is 12.0 Å². The number of para-hydroxylation sites is 1. The highest BCUT2D eigenvalue weighted by molar-refractivity contribution is 6.01. The Morgan fingerprint density at radius 1 is 1.58 bits per heavy atom. The molecule has 1 unspecified atom stereocenters. The fourth-order valence-electron chi connectivity index (χ4n) is 2.18. The number of nitrogens with one attached hydrogen (secondary N) is 1. The van der Waals surface area contributed by atoms with Gasteiger partial charge in [0.25, 0.3) is 5.91 Å². The Morgan fingerprint density at radius 3 is 2.95 bits per heavy atom. The molecule has 0 bridgehead atoms. The molecule has 5 N–H and O–H groups in total. The van der Waals surface area contributed by atoms with Gasteiger partial charge in [-0.2, -0.15) is 0 Å². The number of amides is 1. The van der Waals surface area contributed by atoms with Crippen molar-refractivity contribution in [3.05, 3.63) is 23.8 Å². The highest BCUT2D eigenvalue weighted by Crippen LogP contribution is 2.27. The number of hydrogen-bond donors (Lipinski definition) is 3. The number of benzene rings is 1. The Labute approximate surface area is 112 Å². The Kier molecular flexibility index (Phi) is 3.92. The third-order valence-corrected chi connectivity index (χ3v) is 3.45. The van der Waals surface area contributed by atoms with Crippen LogP contribution in [0, 0.1) is 0 Å². The average Bonchev–Trinajstić information content (AvgIpc) is 2.86. The van der Waals surface area contributed by atoms with Gasteiger partial charge in [-0.3, -0.25) is 4.79 Å². The fraction of sp³-hybridized carbons (Fsp3) is 0.462. The number of hydrogen-bond acceptors (Lipinski definition) is 5. The van der Waals surface area contributed by atoms with Gasteiger partial charge in [0.1, 0.15) is 5.60 Å². The van der Waals surface area contributed by atoms with Crippen molar-refractivity contribution in [3.8, 4) is 0 Å². The van der Waals surface area contributed by atoms with Crippen LogP contribution in [0.2, 0.25) is 0 Å². The van der Waals surface area contributed by atoms with Crippen molar-refractivity contribution in [3.63, 3.8) is 0 Å². The number of carbonyl (C=O) groups excluding carboxylic acids is 1. The second-order valence-electron chi connectivity index (χ2n) is 4.68. The largest absolute Gasteiger partial charge is 0.397 e. The Hall–Kier alpha value is -1.79. The van der Waals surface area contributed by atoms with Crippen molar-refractivity contribution >= 4 is 17.3 Å². The number of primary amides is 1. The first-order valence-electron chi connectivity index (χ1n) is 6.13. The first-order chi connectivity index (χ1) is 9.08. The lowest BCUT2D eigenvalue weighted by molar-refractivity contribution is -0.00620. The van der Waals surface area contributed by atoms with Gasteiger partial charge in [0.15, 0.2) is 0 Å². The summed E-state index contributed by atoms with van der Waals surface area (Å²) in [6, 6.07) is 5.07. The van der Waals surface area contributed by atoms with E-state index in [0.717, 1.165) is 6.42 Å². The number of nitrogen functional groups attached to an aromatic ring is 1. The molecule has 0 aliphatic carbocycles. The molecule has 19 heavy (non-hydrogen) atoms. The van der Waals surface area contributed by atoms with Crippen molar-refractivity contribution < 1.29 is 14.3 Å². The predicted molar refractivity (Wildman–Crippen MR) is 73.0 cm³/mol. The van der Waals surface area contributed by atoms with Gasteiger partial charge in [0, 0.05) is 26.7 Å². The number of carbonyl (C=O) groups is 1. The zero-order chi connectivity index (χ0) is 13.9. The Bertz CT molecular complexity index is 470. The van der Waals surface area contributed by atoms with Gasteiger partial charge in [-0.05, 0) is 12.1 Å². The van der Waals surface area contributed by atoms with Gasteiger partial charge < -0.3 is 26.3 Å². The predicted octanol–water partition coefficient (Wildman–Crippen LogP) is 0.585. The van der Waals surface area contributed by atoms with E-state index in [1.54, 1.807) is 25.3 Å². The topological polar surface area (TPSA) is 99.6 Å². The number of anilines is 2. The molecule has 1 saturated heterocycles. The fourth-order valence-corrected chi connectivity index (χ4v) is 2.18. The summed E-state index contributed by atoms with van der Waals surface area (Å²) >= 11 is 0. The second kappa shape index (κ2) is 5.46. The summed E-state index contributed by atoms with van der Waals surface area (Å²) in [5.74, 6) is -0.510. The van der Waals surface area contributed by atoms with E-state index in [2.05, 4.69) is 5.32 Å². The third-order valence-electron chi connectivity index (χ3n) is 3.45. The Morgan fingerprint density at radius 2 is 2.37 bits per heavy atom. The van der Waals surface area contributed by atoms with E-state index in [9.17, 15) is 4.79 Å². The molecule has 1 aromatic carbocycles. The van der Waals surface area contributed by atoms with Crippen LogP contribution in [0.1, 0.15) is 16.8 Å². The van der Waals surface area contributed by atoms with E-state index in [0.29, 0.717) is 36.7 Å². The second-order valence-corrected chi connectivity index (χ2v) is 4.68. The molecule has 1 heterocycles. The summed E-state index contributed by atoms with van der Waals surface area (Å²) in [6.07, 6.45) is 0.801.